The molecule has 0 saturated heterocycles. The van der Waals surface area contributed by atoms with Crippen molar-refractivity contribution in [3.05, 3.63) is 64.5 Å². The first-order chi connectivity index (χ1) is 14.9. The summed E-state index contributed by atoms with van der Waals surface area (Å²) in [4.78, 5) is 16.7. The quantitative estimate of drug-likeness (QED) is 0.484. The minimum atomic E-state index is -4.07. The molecule has 1 amide bonds. The maximum Gasteiger partial charge on any atom is 0.407 e. The lowest BCUT2D eigenvalue weighted by atomic mass is 9.96. The van der Waals surface area contributed by atoms with Gasteiger partial charge in [-0.15, -0.1) is 0 Å². The summed E-state index contributed by atoms with van der Waals surface area (Å²) in [7, 11) is -4.07. The fourth-order valence-corrected chi connectivity index (χ4v) is 4.74. The van der Waals surface area contributed by atoms with E-state index in [-0.39, 0.29) is 44.3 Å². The first kappa shape index (κ1) is 24.0. The van der Waals surface area contributed by atoms with Gasteiger partial charge in [-0.3, -0.25) is 0 Å². The summed E-state index contributed by atoms with van der Waals surface area (Å²) in [5, 5.41) is 14.3. The molecule has 2 aromatic heterocycles. The predicted molar refractivity (Wildman–Crippen MR) is 121 cm³/mol. The predicted octanol–water partition coefficient (Wildman–Crippen LogP) is 4.93. The van der Waals surface area contributed by atoms with Crippen molar-refractivity contribution >= 4 is 39.1 Å². The Balaban J connectivity index is 2.14. The van der Waals surface area contributed by atoms with Crippen LogP contribution < -0.4 is 0 Å². The van der Waals surface area contributed by atoms with Crippen molar-refractivity contribution in [1.29, 1.82) is 0 Å². The summed E-state index contributed by atoms with van der Waals surface area (Å²) in [6, 6.07) is 10.7. The number of aromatic nitrogens is 3. The molecule has 0 saturated carbocycles. The van der Waals surface area contributed by atoms with E-state index in [1.165, 1.54) is 27.8 Å². The highest BCUT2D eigenvalue weighted by Crippen LogP contribution is 2.29. The molecule has 1 N–H and O–H groups in total. The van der Waals surface area contributed by atoms with E-state index < -0.39 is 15.9 Å². The lowest BCUT2D eigenvalue weighted by molar-refractivity contribution is 0.122. The van der Waals surface area contributed by atoms with E-state index in [9.17, 15) is 18.3 Å². The van der Waals surface area contributed by atoms with Crippen LogP contribution in [0.15, 0.2) is 58.6 Å². The van der Waals surface area contributed by atoms with E-state index in [0.29, 0.717) is 5.69 Å². The molecule has 0 fully saturated rings. The van der Waals surface area contributed by atoms with E-state index in [1.807, 2.05) is 20.8 Å². The number of sulfone groups is 1. The third-order valence-electron chi connectivity index (χ3n) is 4.38. The number of pyridine rings is 1. The van der Waals surface area contributed by atoms with E-state index in [2.05, 4.69) is 10.1 Å². The SMILES string of the molecule is CC(C)(C)CN(Cc1cc(S(=O)(=O)c2ccc(Cl)nc2)n(-c2ccccc2Cl)n1)C(=O)O. The Hall–Kier alpha value is -2.62. The number of rotatable bonds is 6. The van der Waals surface area contributed by atoms with Gasteiger partial charge in [0.15, 0.2) is 5.03 Å². The molecule has 0 aliphatic heterocycles. The molecule has 8 nitrogen and oxygen atoms in total. The summed E-state index contributed by atoms with van der Waals surface area (Å²) >= 11 is 12.1. The number of carbonyl (C=O) groups is 1. The van der Waals surface area contributed by atoms with Gasteiger partial charge in [0.1, 0.15) is 5.15 Å². The van der Waals surface area contributed by atoms with Crippen molar-refractivity contribution in [3.8, 4) is 5.69 Å². The van der Waals surface area contributed by atoms with Gasteiger partial charge in [0.2, 0.25) is 9.84 Å². The number of benzene rings is 1. The second-order valence-electron chi connectivity index (χ2n) is 8.36. The number of para-hydroxylation sites is 1. The van der Waals surface area contributed by atoms with E-state index in [4.69, 9.17) is 23.2 Å². The van der Waals surface area contributed by atoms with Crippen molar-refractivity contribution in [2.45, 2.75) is 37.2 Å². The zero-order valence-electron chi connectivity index (χ0n) is 17.7. The van der Waals surface area contributed by atoms with Crippen LogP contribution in [0, 0.1) is 5.41 Å². The van der Waals surface area contributed by atoms with Crippen LogP contribution in [0.25, 0.3) is 5.69 Å². The Kier molecular flexibility index (Phi) is 6.83. The number of halogens is 2. The highest BCUT2D eigenvalue weighted by Gasteiger charge is 2.28. The molecule has 0 radical (unpaired) electrons. The third-order valence-corrected chi connectivity index (χ3v) is 6.63. The summed E-state index contributed by atoms with van der Waals surface area (Å²) in [6.07, 6.45) is 0.0308. The van der Waals surface area contributed by atoms with Gasteiger partial charge in [0, 0.05) is 18.8 Å². The smallest absolute Gasteiger partial charge is 0.407 e. The molecule has 11 heteroatoms. The molecule has 170 valence electrons. The summed E-state index contributed by atoms with van der Waals surface area (Å²) in [5.41, 5.74) is 0.309. The van der Waals surface area contributed by atoms with Crippen LogP contribution in [0.5, 0.6) is 0 Å². The van der Waals surface area contributed by atoms with Crippen LogP contribution in [0.3, 0.4) is 0 Å². The van der Waals surface area contributed by atoms with Crippen molar-refractivity contribution < 1.29 is 18.3 Å². The fourth-order valence-electron chi connectivity index (χ4n) is 3.08. The second kappa shape index (κ2) is 9.09. The number of amides is 1. The van der Waals surface area contributed by atoms with E-state index >= 15 is 0 Å². The van der Waals surface area contributed by atoms with Gasteiger partial charge in [0.25, 0.3) is 0 Å². The van der Waals surface area contributed by atoms with Gasteiger partial charge in [-0.25, -0.2) is 22.9 Å². The van der Waals surface area contributed by atoms with E-state index in [1.54, 1.807) is 24.3 Å². The maximum atomic E-state index is 13.4. The number of carboxylic acid groups (broad SMARTS) is 1. The van der Waals surface area contributed by atoms with Gasteiger partial charge in [-0.05, 0) is 29.7 Å². The molecule has 0 atom stereocenters. The van der Waals surface area contributed by atoms with Crippen molar-refractivity contribution in [3.63, 3.8) is 0 Å². The van der Waals surface area contributed by atoms with Crippen molar-refractivity contribution in [2.75, 3.05) is 6.54 Å². The molecular formula is C21H22Cl2N4O4S. The summed E-state index contributed by atoms with van der Waals surface area (Å²) in [5.74, 6) is 0. The van der Waals surface area contributed by atoms with Crippen LogP contribution in [0.2, 0.25) is 10.2 Å². The maximum absolute atomic E-state index is 13.4. The van der Waals surface area contributed by atoms with Crippen LogP contribution in [-0.2, 0) is 16.4 Å². The first-order valence-electron chi connectivity index (χ1n) is 9.57. The van der Waals surface area contributed by atoms with Crippen molar-refractivity contribution in [2.24, 2.45) is 5.41 Å². The topological polar surface area (TPSA) is 105 Å². The molecule has 3 rings (SSSR count). The van der Waals surface area contributed by atoms with Crippen molar-refractivity contribution in [1.82, 2.24) is 19.7 Å². The number of nitrogens with zero attached hydrogens (tertiary/aromatic N) is 4. The highest BCUT2D eigenvalue weighted by atomic mass is 35.5. The second-order valence-corrected chi connectivity index (χ2v) is 11.0. The van der Waals surface area contributed by atoms with E-state index in [0.717, 1.165) is 6.20 Å². The van der Waals surface area contributed by atoms with Crippen LogP contribution in [-0.4, -0.2) is 45.8 Å². The number of hydrogen-bond donors (Lipinski definition) is 1. The van der Waals surface area contributed by atoms with Gasteiger partial charge < -0.3 is 10.0 Å². The summed E-state index contributed by atoms with van der Waals surface area (Å²) < 4.78 is 28.0. The number of hydrogen-bond acceptors (Lipinski definition) is 5. The zero-order valence-corrected chi connectivity index (χ0v) is 20.0. The first-order valence-corrected chi connectivity index (χ1v) is 11.8. The highest BCUT2D eigenvalue weighted by molar-refractivity contribution is 7.91. The molecule has 1 aromatic carbocycles. The molecular weight excluding hydrogens is 475 g/mol. The average Bonchev–Trinajstić information content (AvgIpc) is 3.11. The Morgan fingerprint density at radius 3 is 2.41 bits per heavy atom. The average molecular weight is 497 g/mol. The monoisotopic (exact) mass is 496 g/mol. The molecule has 32 heavy (non-hydrogen) atoms. The standard InChI is InChI=1S/C21H22Cl2N4O4S/c1-21(2,3)13-26(20(28)29)12-14-10-19(27(25-14)17-7-5-4-6-16(17)22)32(30,31)15-8-9-18(23)24-11-15/h4-11H,12-13H2,1-3H3,(H,28,29). The third kappa shape index (κ3) is 5.40. The zero-order chi connectivity index (χ0) is 23.7. The van der Waals surface area contributed by atoms with Gasteiger partial charge in [-0.2, -0.15) is 5.10 Å². The Labute approximate surface area is 196 Å². The molecule has 0 unspecified atom stereocenters. The lowest BCUT2D eigenvalue weighted by Crippen LogP contribution is -2.36. The van der Waals surface area contributed by atoms with Crippen LogP contribution in [0.4, 0.5) is 4.79 Å². The molecule has 3 aromatic rings. The van der Waals surface area contributed by atoms with Crippen LogP contribution in [0.1, 0.15) is 26.5 Å². The molecule has 0 spiro atoms. The van der Waals surface area contributed by atoms with Gasteiger partial charge in [0.05, 0.1) is 27.8 Å². The van der Waals surface area contributed by atoms with Crippen LogP contribution >= 0.6 is 23.2 Å². The Morgan fingerprint density at radius 2 is 1.84 bits per heavy atom. The molecule has 2 heterocycles. The fraction of sp³-hybridized carbons (Fsp3) is 0.286. The largest absolute Gasteiger partial charge is 0.465 e. The normalized spacial score (nSPS) is 12.0. The Bertz CT molecular complexity index is 1240. The lowest BCUT2D eigenvalue weighted by Gasteiger charge is -2.27. The molecule has 0 aliphatic carbocycles. The van der Waals surface area contributed by atoms with Gasteiger partial charge in [-0.1, -0.05) is 56.1 Å². The summed E-state index contributed by atoms with van der Waals surface area (Å²) in [6.45, 7) is 5.88. The Morgan fingerprint density at radius 1 is 1.16 bits per heavy atom. The van der Waals surface area contributed by atoms with Gasteiger partial charge >= 0.3 is 6.09 Å². The minimum absolute atomic E-state index is 0.0774. The minimum Gasteiger partial charge on any atom is -0.465 e. The molecule has 0 bridgehead atoms. The molecule has 0 aliphatic rings.